The Kier molecular flexibility index (Phi) is 30.8. The molecule has 9 N–H and O–H groups in total. The van der Waals surface area contributed by atoms with Crippen LogP contribution in [-0.2, 0) is 23.7 Å². The molecule has 0 aromatic heterocycles. The van der Waals surface area contributed by atoms with E-state index in [9.17, 15) is 45.6 Å². The van der Waals surface area contributed by atoms with E-state index in [2.05, 4.69) is 73.8 Å². The van der Waals surface area contributed by atoms with Crippen LogP contribution in [0.15, 0.2) is 85.1 Å². The third-order valence-corrected chi connectivity index (χ3v) is 10.6. The first-order valence-corrected chi connectivity index (χ1v) is 22.8. The van der Waals surface area contributed by atoms with Crippen LogP contribution in [0, 0.1) is 0 Å². The van der Waals surface area contributed by atoms with Gasteiger partial charge in [0.2, 0.25) is 5.91 Å². The molecule has 2 aliphatic rings. The lowest BCUT2D eigenvalue weighted by Crippen LogP contribution is -2.65. The molecule has 0 radical (unpaired) electrons. The Hall–Kier alpha value is -2.83. The number of rotatable bonds is 32. The highest BCUT2D eigenvalue weighted by Crippen LogP contribution is 2.29. The number of hydrogen-bond donors (Lipinski definition) is 9. The van der Waals surface area contributed by atoms with Crippen molar-refractivity contribution in [2.75, 3.05) is 19.8 Å². The minimum Gasteiger partial charge on any atom is -0.394 e. The second-order valence-electron chi connectivity index (χ2n) is 15.8. The number of amides is 1. The Morgan fingerprint density at radius 3 is 1.74 bits per heavy atom. The molecule has 2 heterocycles. The van der Waals surface area contributed by atoms with Crippen molar-refractivity contribution >= 4 is 5.91 Å². The van der Waals surface area contributed by atoms with Crippen LogP contribution in [0.3, 0.4) is 0 Å². The van der Waals surface area contributed by atoms with Gasteiger partial charge in [0.05, 0.1) is 32.0 Å². The van der Waals surface area contributed by atoms with Crippen LogP contribution in [0.5, 0.6) is 0 Å². The van der Waals surface area contributed by atoms with Crippen LogP contribution in [0.2, 0.25) is 0 Å². The van der Waals surface area contributed by atoms with E-state index in [4.69, 9.17) is 18.9 Å². The molecule has 0 aliphatic carbocycles. The van der Waals surface area contributed by atoms with Crippen LogP contribution in [0.1, 0.15) is 117 Å². The molecule has 14 nitrogen and oxygen atoms in total. The van der Waals surface area contributed by atoms with Crippen LogP contribution >= 0.6 is 0 Å². The predicted molar refractivity (Wildman–Crippen MR) is 239 cm³/mol. The van der Waals surface area contributed by atoms with Crippen molar-refractivity contribution in [1.29, 1.82) is 0 Å². The van der Waals surface area contributed by atoms with Gasteiger partial charge in [-0.3, -0.25) is 4.79 Å². The molecule has 1 amide bonds. The van der Waals surface area contributed by atoms with Crippen LogP contribution in [0.25, 0.3) is 0 Å². The van der Waals surface area contributed by atoms with E-state index in [-0.39, 0.29) is 18.9 Å². The van der Waals surface area contributed by atoms with Crippen molar-refractivity contribution in [2.24, 2.45) is 0 Å². The third-order valence-electron chi connectivity index (χ3n) is 10.6. The van der Waals surface area contributed by atoms with Gasteiger partial charge in [0.1, 0.15) is 48.8 Å². The summed E-state index contributed by atoms with van der Waals surface area (Å²) in [4.78, 5) is 13.0. The van der Waals surface area contributed by atoms with E-state index in [1.807, 2.05) is 18.2 Å². The molecule has 62 heavy (non-hydrogen) atoms. The predicted octanol–water partition coefficient (Wildman–Crippen LogP) is 4.65. The molecule has 2 rings (SSSR count). The zero-order valence-corrected chi connectivity index (χ0v) is 37.1. The second-order valence-corrected chi connectivity index (χ2v) is 15.8. The smallest absolute Gasteiger partial charge is 0.224 e. The first-order chi connectivity index (χ1) is 30.1. The SMILES string of the molecule is CC/C=C\C/C=C\C/C=C\C/C=C\C/C=C\CC(=O)NC(COC1OC(CO)C(OC2OC(CO)C(O)C(O)C2O)C(O)C1O)C(O)/C=C/CC/C=C/CCCCCCCCC. The number of carbonyl (C=O) groups is 1. The fourth-order valence-electron chi connectivity index (χ4n) is 6.84. The summed E-state index contributed by atoms with van der Waals surface area (Å²) in [6, 6.07) is -0.988. The molecule has 12 atom stereocenters. The number of nitrogens with one attached hydrogen (secondary N) is 1. The highest BCUT2D eigenvalue weighted by Gasteiger charge is 2.50. The Labute approximate surface area is 370 Å². The minimum atomic E-state index is -1.80. The summed E-state index contributed by atoms with van der Waals surface area (Å²) in [5.41, 5.74) is 0. The maximum Gasteiger partial charge on any atom is 0.224 e. The van der Waals surface area contributed by atoms with Gasteiger partial charge in [-0.1, -0.05) is 137 Å². The molecule has 0 bridgehead atoms. The van der Waals surface area contributed by atoms with E-state index in [0.29, 0.717) is 12.8 Å². The van der Waals surface area contributed by atoms with Crippen molar-refractivity contribution in [1.82, 2.24) is 5.32 Å². The van der Waals surface area contributed by atoms with Gasteiger partial charge >= 0.3 is 0 Å². The number of allylic oxidation sites excluding steroid dienone is 12. The summed E-state index contributed by atoms with van der Waals surface area (Å²) in [5.74, 6) is -0.382. The maximum absolute atomic E-state index is 13.0. The molecular formula is C48H79NO13. The van der Waals surface area contributed by atoms with E-state index in [1.54, 1.807) is 12.2 Å². The first kappa shape index (κ1) is 55.3. The summed E-state index contributed by atoms with van der Waals surface area (Å²) >= 11 is 0. The number of ether oxygens (including phenoxy) is 4. The van der Waals surface area contributed by atoms with E-state index < -0.39 is 86.8 Å². The fourth-order valence-corrected chi connectivity index (χ4v) is 6.84. The normalized spacial score (nSPS) is 28.5. The van der Waals surface area contributed by atoms with Crippen molar-refractivity contribution in [2.45, 2.75) is 190 Å². The lowest BCUT2D eigenvalue weighted by Gasteiger charge is -2.46. The van der Waals surface area contributed by atoms with E-state index in [0.717, 1.165) is 38.5 Å². The fraction of sp³-hybridized carbons (Fsp3) is 0.688. The minimum absolute atomic E-state index is 0.0365. The molecule has 0 spiro atoms. The summed E-state index contributed by atoms with van der Waals surface area (Å²) in [6.45, 7) is 2.53. The van der Waals surface area contributed by atoms with Gasteiger partial charge in [0.15, 0.2) is 12.6 Å². The van der Waals surface area contributed by atoms with Crippen molar-refractivity contribution < 1.29 is 64.6 Å². The molecule has 0 saturated carbocycles. The zero-order valence-electron chi connectivity index (χ0n) is 37.1. The Bertz CT molecular complexity index is 1360. The summed E-state index contributed by atoms with van der Waals surface area (Å²) in [6.07, 6.45) is 26.6. The van der Waals surface area contributed by atoms with E-state index >= 15 is 0 Å². The van der Waals surface area contributed by atoms with Crippen molar-refractivity contribution in [3.63, 3.8) is 0 Å². The largest absolute Gasteiger partial charge is 0.394 e. The van der Waals surface area contributed by atoms with Crippen LogP contribution < -0.4 is 5.32 Å². The summed E-state index contributed by atoms with van der Waals surface area (Å²) in [7, 11) is 0. The molecule has 0 aromatic carbocycles. The van der Waals surface area contributed by atoms with Gasteiger partial charge < -0.3 is 65.1 Å². The summed E-state index contributed by atoms with van der Waals surface area (Å²) in [5, 5.41) is 86.3. The number of hydrogen-bond acceptors (Lipinski definition) is 13. The van der Waals surface area contributed by atoms with E-state index in [1.165, 1.54) is 44.9 Å². The van der Waals surface area contributed by atoms with Gasteiger partial charge in [-0.2, -0.15) is 0 Å². The monoisotopic (exact) mass is 878 g/mol. The summed E-state index contributed by atoms with van der Waals surface area (Å²) < 4.78 is 22.5. The number of aliphatic hydroxyl groups is 8. The van der Waals surface area contributed by atoms with Gasteiger partial charge in [-0.05, 0) is 57.8 Å². The molecule has 12 unspecified atom stereocenters. The molecule has 0 aromatic rings. The Balaban J connectivity index is 1.97. The number of aliphatic hydroxyl groups excluding tert-OH is 8. The number of carbonyl (C=O) groups excluding carboxylic acids is 1. The van der Waals surface area contributed by atoms with Crippen molar-refractivity contribution in [3.8, 4) is 0 Å². The van der Waals surface area contributed by atoms with Gasteiger partial charge in [0.25, 0.3) is 0 Å². The lowest BCUT2D eigenvalue weighted by atomic mass is 9.97. The molecule has 14 heteroatoms. The Morgan fingerprint density at radius 1 is 0.597 bits per heavy atom. The topological polar surface area (TPSA) is 228 Å². The van der Waals surface area contributed by atoms with Gasteiger partial charge in [-0.15, -0.1) is 0 Å². The molecular weight excluding hydrogens is 799 g/mol. The van der Waals surface area contributed by atoms with Crippen LogP contribution in [0.4, 0.5) is 0 Å². The molecule has 2 saturated heterocycles. The third kappa shape index (κ3) is 22.2. The number of unbranched alkanes of at least 4 members (excludes halogenated alkanes) is 8. The average Bonchev–Trinajstić information content (AvgIpc) is 3.27. The van der Waals surface area contributed by atoms with Crippen molar-refractivity contribution in [3.05, 3.63) is 85.1 Å². The highest BCUT2D eigenvalue weighted by atomic mass is 16.7. The van der Waals surface area contributed by atoms with Gasteiger partial charge in [-0.25, -0.2) is 0 Å². The molecule has 354 valence electrons. The quantitative estimate of drug-likeness (QED) is 0.0332. The first-order valence-electron chi connectivity index (χ1n) is 22.8. The highest BCUT2D eigenvalue weighted by molar-refractivity contribution is 5.77. The van der Waals surface area contributed by atoms with Gasteiger partial charge in [0, 0.05) is 6.42 Å². The lowest BCUT2D eigenvalue weighted by molar-refractivity contribution is -0.359. The zero-order chi connectivity index (χ0) is 45.4. The average molecular weight is 878 g/mol. The Morgan fingerprint density at radius 2 is 1.13 bits per heavy atom. The van der Waals surface area contributed by atoms with Crippen LogP contribution in [-0.4, -0.2) is 140 Å². The molecule has 2 aliphatic heterocycles. The maximum atomic E-state index is 13.0. The molecule has 2 fully saturated rings. The second kappa shape index (κ2) is 34.6. The standard InChI is InChI=1S/C48H79NO13/c1-3-5-7-9-11-13-15-17-18-20-22-24-26-28-30-32-40(53)49-36(37(52)31-29-27-25-23-21-19-16-14-12-10-8-6-4-2)35-59-47-45(58)43(56)46(39(34-51)61-47)62-48-44(57)42(55)41(54)38(33-50)60-48/h5,7,11,13,17-18,21-24,28-31,36-39,41-48,50-52,54-58H,3-4,6,8-10,12,14-16,19-20,25-27,32-35H2,1-2H3,(H,49,53)/b7-5-,13-11-,18-17-,23-21+,24-22-,30-28-,31-29+.